The van der Waals surface area contributed by atoms with Crippen molar-refractivity contribution in [2.45, 2.75) is 39.5 Å². The van der Waals surface area contributed by atoms with E-state index in [4.69, 9.17) is 5.11 Å². The molecular formula is C15H22O. The first-order valence-corrected chi connectivity index (χ1v) is 6.02. The Hall–Kier alpha value is -1.24. The molecule has 0 amide bonds. The van der Waals surface area contributed by atoms with Crippen LogP contribution in [0.4, 0.5) is 0 Å². The van der Waals surface area contributed by atoms with Gasteiger partial charge in [0.1, 0.15) is 0 Å². The first-order chi connectivity index (χ1) is 7.65. The fourth-order valence-corrected chi connectivity index (χ4v) is 2.04. The lowest BCUT2D eigenvalue weighted by molar-refractivity contribution is 0.465. The van der Waals surface area contributed by atoms with Crippen LogP contribution in [0.3, 0.4) is 0 Å². The van der Waals surface area contributed by atoms with Gasteiger partial charge in [0.2, 0.25) is 0 Å². The average Bonchev–Trinajstić information content (AvgIpc) is 2.27. The summed E-state index contributed by atoms with van der Waals surface area (Å²) < 4.78 is 0. The van der Waals surface area contributed by atoms with Crippen molar-refractivity contribution in [3.05, 3.63) is 47.7 Å². The number of hydrogen-bond acceptors (Lipinski definition) is 1. The second-order valence-corrected chi connectivity index (χ2v) is 4.78. The fourth-order valence-electron chi connectivity index (χ4n) is 2.04. The Morgan fingerprint density at radius 1 is 1.19 bits per heavy atom. The zero-order valence-corrected chi connectivity index (χ0v) is 10.5. The lowest BCUT2D eigenvalue weighted by Crippen LogP contribution is -2.03. The zero-order valence-electron chi connectivity index (χ0n) is 10.5. The van der Waals surface area contributed by atoms with Crippen LogP contribution >= 0.6 is 0 Å². The van der Waals surface area contributed by atoms with E-state index in [1.807, 2.05) is 6.08 Å². The predicted octanol–water partition coefficient (Wildman–Crippen LogP) is 4.45. The molecule has 0 heterocycles. The number of rotatable bonds is 5. The highest BCUT2D eigenvalue weighted by atomic mass is 16.2. The van der Waals surface area contributed by atoms with Crippen LogP contribution in [-0.4, -0.2) is 5.11 Å². The van der Waals surface area contributed by atoms with Crippen molar-refractivity contribution in [2.24, 2.45) is 5.92 Å². The molecule has 1 aromatic rings. The number of aliphatic hydroxyl groups is 1. The molecule has 0 radical (unpaired) electrons. The number of hydrogen-bond donors (Lipinski definition) is 1. The van der Waals surface area contributed by atoms with Gasteiger partial charge in [-0.2, -0.15) is 0 Å². The third-order valence-electron chi connectivity index (χ3n) is 2.89. The number of aliphatic hydroxyl groups excluding tert-OH is 1. The quantitative estimate of drug-likeness (QED) is 0.724. The van der Waals surface area contributed by atoms with Gasteiger partial charge in [-0.25, -0.2) is 0 Å². The second-order valence-electron chi connectivity index (χ2n) is 4.78. The maximum atomic E-state index is 8.64. The summed E-state index contributed by atoms with van der Waals surface area (Å²) in [5.74, 6) is 1.15. The molecule has 0 saturated heterocycles. The Morgan fingerprint density at radius 2 is 1.88 bits per heavy atom. The summed E-state index contributed by atoms with van der Waals surface area (Å²) in [5.41, 5.74) is 2.89. The first kappa shape index (κ1) is 12.8. The smallest absolute Gasteiger partial charge is 0.0751 e. The van der Waals surface area contributed by atoms with Gasteiger partial charge >= 0.3 is 0 Å². The van der Waals surface area contributed by atoms with Gasteiger partial charge in [-0.05, 0) is 41.9 Å². The van der Waals surface area contributed by atoms with Gasteiger partial charge in [0.05, 0.1) is 6.26 Å². The van der Waals surface area contributed by atoms with E-state index in [0.717, 1.165) is 19.1 Å². The van der Waals surface area contributed by atoms with Crippen LogP contribution in [0, 0.1) is 5.92 Å². The number of allylic oxidation sites excluding steroid dienone is 1. The lowest BCUT2D eigenvalue weighted by Gasteiger charge is -2.15. The van der Waals surface area contributed by atoms with E-state index in [0.29, 0.717) is 11.8 Å². The van der Waals surface area contributed by atoms with E-state index in [9.17, 15) is 0 Å². The molecule has 1 rings (SSSR count). The molecule has 88 valence electrons. The molecule has 0 aliphatic heterocycles. The maximum absolute atomic E-state index is 8.64. The molecule has 1 unspecified atom stereocenters. The van der Waals surface area contributed by atoms with Crippen LogP contribution in [0.2, 0.25) is 0 Å². The van der Waals surface area contributed by atoms with Gasteiger partial charge in [0, 0.05) is 0 Å². The van der Waals surface area contributed by atoms with E-state index < -0.39 is 0 Å². The Bertz CT molecular complexity index is 339. The molecule has 0 spiro atoms. The molecule has 0 aliphatic rings. The van der Waals surface area contributed by atoms with Gasteiger partial charge < -0.3 is 5.11 Å². The van der Waals surface area contributed by atoms with Gasteiger partial charge in [-0.15, -0.1) is 0 Å². The Labute approximate surface area is 98.8 Å². The van der Waals surface area contributed by atoms with Crippen molar-refractivity contribution in [3.63, 3.8) is 0 Å². The fraction of sp³-hybridized carbons (Fsp3) is 0.467. The molecule has 16 heavy (non-hydrogen) atoms. The lowest BCUT2D eigenvalue weighted by atomic mass is 9.90. The van der Waals surface area contributed by atoms with Crippen LogP contribution in [0.25, 0.3) is 0 Å². The predicted molar refractivity (Wildman–Crippen MR) is 69.8 cm³/mol. The summed E-state index contributed by atoms with van der Waals surface area (Å²) >= 11 is 0. The maximum Gasteiger partial charge on any atom is 0.0751 e. The van der Waals surface area contributed by atoms with Crippen molar-refractivity contribution in [1.82, 2.24) is 0 Å². The van der Waals surface area contributed by atoms with E-state index >= 15 is 0 Å². The van der Waals surface area contributed by atoms with Gasteiger partial charge in [0.25, 0.3) is 0 Å². The normalized spacial score (nSPS) is 13.5. The van der Waals surface area contributed by atoms with Crippen LogP contribution < -0.4 is 0 Å². The monoisotopic (exact) mass is 218 g/mol. The Kier molecular flexibility index (Phi) is 5.10. The van der Waals surface area contributed by atoms with Crippen molar-refractivity contribution in [3.8, 4) is 0 Å². The minimum atomic E-state index is 0.572. The summed E-state index contributed by atoms with van der Waals surface area (Å²) in [5, 5.41) is 8.64. The van der Waals surface area contributed by atoms with Crippen LogP contribution in [0.5, 0.6) is 0 Å². The topological polar surface area (TPSA) is 20.2 Å². The van der Waals surface area contributed by atoms with Crippen LogP contribution in [-0.2, 0) is 6.42 Å². The molecule has 0 bridgehead atoms. The van der Waals surface area contributed by atoms with E-state index in [2.05, 4.69) is 45.0 Å². The largest absolute Gasteiger partial charge is 0.516 e. The van der Waals surface area contributed by atoms with Crippen LogP contribution in [0.15, 0.2) is 36.6 Å². The molecule has 1 nitrogen and oxygen atoms in total. The van der Waals surface area contributed by atoms with Gasteiger partial charge in [0.15, 0.2) is 0 Å². The standard InChI is InChI=1S/C15H22O/c1-12(2)15-9-5-4-8-14(15)11-13(3)7-6-10-16/h4-6,8-10,12-13,16H,7,11H2,1-3H3. The number of benzene rings is 1. The Morgan fingerprint density at radius 3 is 2.50 bits per heavy atom. The zero-order chi connectivity index (χ0) is 12.0. The third-order valence-corrected chi connectivity index (χ3v) is 2.89. The molecule has 0 saturated carbocycles. The molecule has 0 aromatic heterocycles. The highest BCUT2D eigenvalue weighted by Crippen LogP contribution is 2.22. The minimum absolute atomic E-state index is 0.572. The second kappa shape index (κ2) is 6.37. The van der Waals surface area contributed by atoms with Gasteiger partial charge in [-0.1, -0.05) is 45.0 Å². The van der Waals surface area contributed by atoms with E-state index in [1.54, 1.807) is 0 Å². The molecule has 1 atom stereocenters. The van der Waals surface area contributed by atoms with Crippen molar-refractivity contribution < 1.29 is 5.11 Å². The van der Waals surface area contributed by atoms with Crippen molar-refractivity contribution in [2.75, 3.05) is 0 Å². The molecule has 1 N–H and O–H groups in total. The third kappa shape index (κ3) is 3.73. The molecular weight excluding hydrogens is 196 g/mol. The molecule has 1 heteroatoms. The van der Waals surface area contributed by atoms with E-state index in [-0.39, 0.29) is 0 Å². The summed E-state index contributed by atoms with van der Waals surface area (Å²) in [7, 11) is 0. The SMILES string of the molecule is CC(CC=CO)Cc1ccccc1C(C)C. The first-order valence-electron chi connectivity index (χ1n) is 6.02. The minimum Gasteiger partial charge on any atom is -0.516 e. The van der Waals surface area contributed by atoms with Crippen LogP contribution in [0.1, 0.15) is 44.2 Å². The van der Waals surface area contributed by atoms with Crippen molar-refractivity contribution >= 4 is 0 Å². The molecule has 1 aromatic carbocycles. The highest BCUT2D eigenvalue weighted by Gasteiger charge is 2.08. The summed E-state index contributed by atoms with van der Waals surface area (Å²) in [4.78, 5) is 0. The van der Waals surface area contributed by atoms with Gasteiger partial charge in [-0.3, -0.25) is 0 Å². The summed E-state index contributed by atoms with van der Waals surface area (Å²) in [6.07, 6.45) is 4.98. The van der Waals surface area contributed by atoms with Crippen molar-refractivity contribution in [1.29, 1.82) is 0 Å². The van der Waals surface area contributed by atoms with E-state index in [1.165, 1.54) is 11.1 Å². The summed E-state index contributed by atoms with van der Waals surface area (Å²) in [6.45, 7) is 6.69. The average molecular weight is 218 g/mol. The highest BCUT2D eigenvalue weighted by molar-refractivity contribution is 5.30. The summed E-state index contributed by atoms with van der Waals surface area (Å²) in [6, 6.07) is 8.65. The molecule has 0 fully saturated rings. The Balaban J connectivity index is 2.72. The molecule has 0 aliphatic carbocycles.